The van der Waals surface area contributed by atoms with E-state index in [9.17, 15) is 13.2 Å². The van der Waals surface area contributed by atoms with Crippen LogP contribution in [0.5, 0.6) is 0 Å². The standard InChI is InChI=1S/C17H24N2O3S/c1-23(21,22)19-12-6-5-9-15(19)16(20)18-13-17(10-11-17)14-7-3-2-4-8-14/h2-4,7-8,15H,5-6,9-13H2,1H3,(H,18,20). The lowest BCUT2D eigenvalue weighted by atomic mass is 9.95. The topological polar surface area (TPSA) is 66.5 Å². The normalized spacial score (nSPS) is 24.1. The molecule has 3 rings (SSSR count). The zero-order chi connectivity index (χ0) is 16.5. The molecule has 0 spiro atoms. The van der Waals surface area contributed by atoms with Gasteiger partial charge in [0.25, 0.3) is 0 Å². The Kier molecular flexibility index (Phi) is 4.47. The minimum Gasteiger partial charge on any atom is -0.354 e. The summed E-state index contributed by atoms with van der Waals surface area (Å²) in [7, 11) is -3.34. The Labute approximate surface area is 138 Å². The highest BCUT2D eigenvalue weighted by Gasteiger charge is 2.45. The van der Waals surface area contributed by atoms with Gasteiger partial charge in [-0.1, -0.05) is 36.8 Å². The van der Waals surface area contributed by atoms with Crippen molar-refractivity contribution < 1.29 is 13.2 Å². The van der Waals surface area contributed by atoms with Crippen molar-refractivity contribution in [2.75, 3.05) is 19.3 Å². The van der Waals surface area contributed by atoms with Crippen molar-refractivity contribution in [1.29, 1.82) is 0 Å². The average molecular weight is 336 g/mol. The quantitative estimate of drug-likeness (QED) is 0.889. The van der Waals surface area contributed by atoms with Crippen LogP contribution in [0, 0.1) is 0 Å². The summed E-state index contributed by atoms with van der Waals surface area (Å²) in [5, 5.41) is 3.01. The van der Waals surface area contributed by atoms with E-state index in [0.717, 1.165) is 25.7 Å². The first-order valence-electron chi connectivity index (χ1n) is 8.22. The molecule has 1 aliphatic heterocycles. The zero-order valence-electron chi connectivity index (χ0n) is 13.5. The second-order valence-electron chi connectivity index (χ2n) is 6.75. The Hall–Kier alpha value is -1.40. The summed E-state index contributed by atoms with van der Waals surface area (Å²) < 4.78 is 25.1. The third kappa shape index (κ3) is 3.58. The maximum absolute atomic E-state index is 12.5. The molecule has 126 valence electrons. The van der Waals surface area contributed by atoms with Crippen LogP contribution in [0.3, 0.4) is 0 Å². The van der Waals surface area contributed by atoms with Gasteiger partial charge in [0.15, 0.2) is 0 Å². The smallest absolute Gasteiger partial charge is 0.238 e. The molecule has 0 aromatic heterocycles. The first-order valence-corrected chi connectivity index (χ1v) is 10.1. The summed E-state index contributed by atoms with van der Waals surface area (Å²) in [5.74, 6) is -0.155. The van der Waals surface area contributed by atoms with Gasteiger partial charge in [0.1, 0.15) is 6.04 Å². The van der Waals surface area contributed by atoms with Gasteiger partial charge in [0.05, 0.1) is 6.26 Å². The molecule has 1 atom stereocenters. The second kappa shape index (κ2) is 6.24. The van der Waals surface area contributed by atoms with Gasteiger partial charge in [0, 0.05) is 18.5 Å². The molecule has 1 aromatic carbocycles. The van der Waals surface area contributed by atoms with Gasteiger partial charge in [-0.3, -0.25) is 4.79 Å². The first-order chi connectivity index (χ1) is 10.9. The SMILES string of the molecule is CS(=O)(=O)N1CCCCC1C(=O)NCC1(c2ccccc2)CC1. The minimum absolute atomic E-state index is 0.0432. The number of piperidine rings is 1. The van der Waals surface area contributed by atoms with Crippen LogP contribution in [0.1, 0.15) is 37.7 Å². The Morgan fingerprint density at radius 1 is 1.26 bits per heavy atom. The molecule has 1 saturated carbocycles. The fraction of sp³-hybridized carbons (Fsp3) is 0.588. The number of carbonyl (C=O) groups is 1. The van der Waals surface area contributed by atoms with Crippen LogP contribution in [-0.2, 0) is 20.2 Å². The van der Waals surface area contributed by atoms with Gasteiger partial charge in [-0.25, -0.2) is 8.42 Å². The summed E-state index contributed by atoms with van der Waals surface area (Å²) in [6, 6.07) is 9.67. The Balaban J connectivity index is 1.65. The van der Waals surface area contributed by atoms with E-state index in [1.807, 2.05) is 18.2 Å². The second-order valence-corrected chi connectivity index (χ2v) is 8.68. The molecule has 1 amide bonds. The van der Waals surface area contributed by atoms with Crippen LogP contribution in [0.25, 0.3) is 0 Å². The Morgan fingerprint density at radius 2 is 1.96 bits per heavy atom. The van der Waals surface area contributed by atoms with Crippen molar-refractivity contribution in [2.24, 2.45) is 0 Å². The molecule has 6 heteroatoms. The van der Waals surface area contributed by atoms with E-state index in [2.05, 4.69) is 17.4 Å². The minimum atomic E-state index is -3.34. The highest BCUT2D eigenvalue weighted by Crippen LogP contribution is 2.47. The molecule has 0 radical (unpaired) electrons. The monoisotopic (exact) mass is 336 g/mol. The number of carbonyl (C=O) groups excluding carboxylic acids is 1. The van der Waals surface area contributed by atoms with E-state index in [1.54, 1.807) is 0 Å². The van der Waals surface area contributed by atoms with Crippen LogP contribution >= 0.6 is 0 Å². The van der Waals surface area contributed by atoms with Gasteiger partial charge in [-0.2, -0.15) is 4.31 Å². The number of hydrogen-bond donors (Lipinski definition) is 1. The Morgan fingerprint density at radius 3 is 2.57 bits per heavy atom. The molecule has 1 aliphatic carbocycles. The largest absolute Gasteiger partial charge is 0.354 e. The maximum atomic E-state index is 12.5. The molecule has 1 saturated heterocycles. The predicted molar refractivity (Wildman–Crippen MR) is 89.6 cm³/mol. The lowest BCUT2D eigenvalue weighted by molar-refractivity contribution is -0.125. The van der Waals surface area contributed by atoms with Crippen molar-refractivity contribution in [3.05, 3.63) is 35.9 Å². The fourth-order valence-corrected chi connectivity index (χ4v) is 4.57. The number of rotatable bonds is 5. The summed E-state index contributed by atoms with van der Waals surface area (Å²) >= 11 is 0. The highest BCUT2D eigenvalue weighted by molar-refractivity contribution is 7.88. The molecule has 1 heterocycles. The molecule has 1 unspecified atom stereocenters. The van der Waals surface area contributed by atoms with Gasteiger partial charge < -0.3 is 5.32 Å². The molecule has 0 bridgehead atoms. The van der Waals surface area contributed by atoms with Gasteiger partial charge in [-0.05, 0) is 31.2 Å². The van der Waals surface area contributed by atoms with E-state index >= 15 is 0 Å². The molecule has 1 aromatic rings. The van der Waals surface area contributed by atoms with Crippen molar-refractivity contribution in [1.82, 2.24) is 9.62 Å². The van der Waals surface area contributed by atoms with Crippen LogP contribution < -0.4 is 5.32 Å². The summed E-state index contributed by atoms with van der Waals surface area (Å²) in [6.45, 7) is 1.03. The average Bonchev–Trinajstić information content (AvgIpc) is 3.34. The highest BCUT2D eigenvalue weighted by atomic mass is 32.2. The van der Waals surface area contributed by atoms with Crippen molar-refractivity contribution in [3.8, 4) is 0 Å². The van der Waals surface area contributed by atoms with Gasteiger partial charge in [-0.15, -0.1) is 0 Å². The van der Waals surface area contributed by atoms with Crippen molar-refractivity contribution in [2.45, 2.75) is 43.6 Å². The van der Waals surface area contributed by atoms with Crippen LogP contribution in [0.2, 0.25) is 0 Å². The number of nitrogens with zero attached hydrogens (tertiary/aromatic N) is 1. The van der Waals surface area contributed by atoms with E-state index in [4.69, 9.17) is 0 Å². The lowest BCUT2D eigenvalue weighted by Gasteiger charge is -2.33. The molecular formula is C17H24N2O3S. The van der Waals surface area contributed by atoms with Crippen molar-refractivity contribution >= 4 is 15.9 Å². The van der Waals surface area contributed by atoms with Crippen LogP contribution in [-0.4, -0.2) is 44.0 Å². The number of amides is 1. The van der Waals surface area contributed by atoms with Crippen LogP contribution in [0.15, 0.2) is 30.3 Å². The molecule has 2 aliphatic rings. The molecule has 1 N–H and O–H groups in total. The number of benzene rings is 1. The molecule has 2 fully saturated rings. The van der Waals surface area contributed by atoms with Gasteiger partial charge in [0.2, 0.25) is 15.9 Å². The van der Waals surface area contributed by atoms with E-state index in [-0.39, 0.29) is 11.3 Å². The van der Waals surface area contributed by atoms with E-state index < -0.39 is 16.1 Å². The van der Waals surface area contributed by atoms with Gasteiger partial charge >= 0.3 is 0 Å². The lowest BCUT2D eigenvalue weighted by Crippen LogP contribution is -2.52. The Bertz CT molecular complexity index is 668. The van der Waals surface area contributed by atoms with Crippen molar-refractivity contribution in [3.63, 3.8) is 0 Å². The summed E-state index contributed by atoms with van der Waals surface area (Å²) in [4.78, 5) is 12.5. The van der Waals surface area contributed by atoms with Crippen LogP contribution in [0.4, 0.5) is 0 Å². The number of hydrogen-bond acceptors (Lipinski definition) is 3. The third-order valence-electron chi connectivity index (χ3n) is 5.02. The zero-order valence-corrected chi connectivity index (χ0v) is 14.3. The third-order valence-corrected chi connectivity index (χ3v) is 6.31. The fourth-order valence-electron chi connectivity index (χ4n) is 3.45. The van der Waals surface area contributed by atoms with E-state index in [1.165, 1.54) is 16.1 Å². The summed E-state index contributed by atoms with van der Waals surface area (Å²) in [5.41, 5.74) is 1.30. The summed E-state index contributed by atoms with van der Waals surface area (Å²) in [6.07, 6.45) is 5.65. The molecule has 5 nitrogen and oxygen atoms in total. The first kappa shape index (κ1) is 16.5. The number of nitrogens with one attached hydrogen (secondary N) is 1. The molecular weight excluding hydrogens is 312 g/mol. The van der Waals surface area contributed by atoms with E-state index in [0.29, 0.717) is 19.5 Å². The molecule has 23 heavy (non-hydrogen) atoms. The number of sulfonamides is 1. The predicted octanol–water partition coefficient (Wildman–Crippen LogP) is 1.65. The maximum Gasteiger partial charge on any atom is 0.238 e.